The minimum absolute atomic E-state index is 0.0534. The molecule has 0 spiro atoms. The van der Waals surface area contributed by atoms with Gasteiger partial charge in [0.25, 0.3) is 0 Å². The lowest BCUT2D eigenvalue weighted by Gasteiger charge is -2.05. The average Bonchev–Trinajstić information content (AvgIpc) is 2.39. The van der Waals surface area contributed by atoms with Crippen LogP contribution in [0.4, 0.5) is 11.4 Å². The van der Waals surface area contributed by atoms with E-state index in [0.717, 1.165) is 17.1 Å². The van der Waals surface area contributed by atoms with E-state index in [2.05, 4.69) is 5.32 Å². The van der Waals surface area contributed by atoms with Gasteiger partial charge in [-0.3, -0.25) is 4.79 Å². The van der Waals surface area contributed by atoms with Gasteiger partial charge in [-0.05, 0) is 42.0 Å². The maximum absolute atomic E-state index is 10.9. The van der Waals surface area contributed by atoms with Gasteiger partial charge in [-0.15, -0.1) is 11.8 Å². The Labute approximate surface area is 117 Å². The minimum Gasteiger partial charge on any atom is -0.399 e. The summed E-state index contributed by atoms with van der Waals surface area (Å²) in [5.74, 6) is 0.849. The van der Waals surface area contributed by atoms with Crippen LogP contribution in [0.2, 0.25) is 0 Å². The fourth-order valence-corrected chi connectivity index (χ4v) is 2.47. The molecule has 2 aromatic carbocycles. The summed E-state index contributed by atoms with van der Waals surface area (Å²) in [7, 11) is 0. The molecular formula is C15H16N2OS. The largest absolute Gasteiger partial charge is 0.399 e. The highest BCUT2D eigenvalue weighted by atomic mass is 32.2. The fourth-order valence-electron chi connectivity index (χ4n) is 1.62. The van der Waals surface area contributed by atoms with Crippen LogP contribution in [0.5, 0.6) is 0 Å². The Hall–Kier alpha value is -1.94. The molecule has 0 saturated carbocycles. The highest BCUT2D eigenvalue weighted by Gasteiger charge is 1.98. The van der Waals surface area contributed by atoms with Crippen molar-refractivity contribution in [2.75, 3.05) is 11.1 Å². The Morgan fingerprint density at radius 2 is 1.74 bits per heavy atom. The van der Waals surface area contributed by atoms with Gasteiger partial charge in [-0.1, -0.05) is 12.1 Å². The number of carbonyl (C=O) groups excluding carboxylic acids is 1. The number of nitrogen functional groups attached to an aromatic ring is 1. The SMILES string of the molecule is CC(=O)Nc1ccc(SCc2ccc(N)cc2)cc1. The molecule has 0 saturated heterocycles. The van der Waals surface area contributed by atoms with Gasteiger partial charge in [0.2, 0.25) is 5.91 Å². The van der Waals surface area contributed by atoms with Crippen molar-refractivity contribution in [2.24, 2.45) is 0 Å². The number of carbonyl (C=O) groups is 1. The molecule has 0 aliphatic heterocycles. The van der Waals surface area contributed by atoms with E-state index < -0.39 is 0 Å². The Kier molecular flexibility index (Phi) is 4.47. The number of thioether (sulfide) groups is 1. The molecule has 0 bridgehead atoms. The van der Waals surface area contributed by atoms with Crippen LogP contribution < -0.4 is 11.1 Å². The molecule has 3 N–H and O–H groups in total. The van der Waals surface area contributed by atoms with Crippen LogP contribution in [0.15, 0.2) is 53.4 Å². The van der Waals surface area contributed by atoms with Crippen LogP contribution in [0.3, 0.4) is 0 Å². The van der Waals surface area contributed by atoms with E-state index in [1.165, 1.54) is 17.4 Å². The zero-order chi connectivity index (χ0) is 13.7. The Morgan fingerprint density at radius 3 is 2.32 bits per heavy atom. The highest BCUT2D eigenvalue weighted by Crippen LogP contribution is 2.24. The van der Waals surface area contributed by atoms with E-state index in [1.807, 2.05) is 48.5 Å². The number of nitrogens with one attached hydrogen (secondary N) is 1. The van der Waals surface area contributed by atoms with Crippen molar-refractivity contribution in [3.05, 3.63) is 54.1 Å². The Balaban J connectivity index is 1.92. The molecule has 0 atom stereocenters. The summed E-state index contributed by atoms with van der Waals surface area (Å²) in [6, 6.07) is 15.7. The van der Waals surface area contributed by atoms with E-state index in [9.17, 15) is 4.79 Å². The van der Waals surface area contributed by atoms with Crippen molar-refractivity contribution < 1.29 is 4.79 Å². The van der Waals surface area contributed by atoms with Crippen LogP contribution in [0, 0.1) is 0 Å². The van der Waals surface area contributed by atoms with Crippen molar-refractivity contribution >= 4 is 29.0 Å². The van der Waals surface area contributed by atoms with Crippen molar-refractivity contribution in [1.82, 2.24) is 0 Å². The zero-order valence-corrected chi connectivity index (χ0v) is 11.5. The summed E-state index contributed by atoms with van der Waals surface area (Å²) < 4.78 is 0. The second-order valence-electron chi connectivity index (χ2n) is 4.24. The van der Waals surface area contributed by atoms with E-state index in [-0.39, 0.29) is 5.91 Å². The van der Waals surface area contributed by atoms with Crippen LogP contribution >= 0.6 is 11.8 Å². The number of hydrogen-bond acceptors (Lipinski definition) is 3. The number of nitrogens with two attached hydrogens (primary N) is 1. The van der Waals surface area contributed by atoms with Crippen molar-refractivity contribution in [3.63, 3.8) is 0 Å². The van der Waals surface area contributed by atoms with Crippen LogP contribution in [-0.2, 0) is 10.5 Å². The maximum Gasteiger partial charge on any atom is 0.221 e. The number of amides is 1. The molecule has 0 heterocycles. The molecule has 0 aliphatic rings. The lowest BCUT2D eigenvalue weighted by atomic mass is 10.2. The number of benzene rings is 2. The maximum atomic E-state index is 10.9. The quantitative estimate of drug-likeness (QED) is 0.661. The molecule has 1 amide bonds. The van der Waals surface area contributed by atoms with Gasteiger partial charge >= 0.3 is 0 Å². The first-order valence-electron chi connectivity index (χ1n) is 5.98. The van der Waals surface area contributed by atoms with E-state index >= 15 is 0 Å². The van der Waals surface area contributed by atoms with E-state index in [1.54, 1.807) is 11.8 Å². The Bertz CT molecular complexity index is 549. The lowest BCUT2D eigenvalue weighted by Crippen LogP contribution is -2.05. The molecule has 0 fully saturated rings. The number of anilines is 2. The van der Waals surface area contributed by atoms with Crippen molar-refractivity contribution in [2.45, 2.75) is 17.6 Å². The zero-order valence-electron chi connectivity index (χ0n) is 10.7. The predicted molar refractivity (Wildman–Crippen MR) is 81.2 cm³/mol. The molecule has 19 heavy (non-hydrogen) atoms. The summed E-state index contributed by atoms with van der Waals surface area (Å²) in [5, 5.41) is 2.75. The normalized spacial score (nSPS) is 10.2. The third kappa shape index (κ3) is 4.34. The van der Waals surface area contributed by atoms with Crippen LogP contribution in [0.1, 0.15) is 12.5 Å². The molecule has 0 aliphatic carbocycles. The molecule has 98 valence electrons. The smallest absolute Gasteiger partial charge is 0.221 e. The van der Waals surface area contributed by atoms with Gasteiger partial charge in [0, 0.05) is 28.9 Å². The van der Waals surface area contributed by atoms with E-state index in [0.29, 0.717) is 0 Å². The first-order valence-corrected chi connectivity index (χ1v) is 6.97. The molecule has 3 nitrogen and oxygen atoms in total. The molecule has 0 radical (unpaired) electrons. The van der Waals surface area contributed by atoms with Crippen LogP contribution in [0.25, 0.3) is 0 Å². The third-order valence-electron chi connectivity index (χ3n) is 2.56. The van der Waals surface area contributed by atoms with Crippen molar-refractivity contribution in [1.29, 1.82) is 0 Å². The fraction of sp³-hybridized carbons (Fsp3) is 0.133. The van der Waals surface area contributed by atoms with Crippen molar-refractivity contribution in [3.8, 4) is 0 Å². The summed E-state index contributed by atoms with van der Waals surface area (Å²) in [6.07, 6.45) is 0. The Morgan fingerprint density at radius 1 is 1.11 bits per heavy atom. The molecule has 2 rings (SSSR count). The summed E-state index contributed by atoms with van der Waals surface area (Å²) in [4.78, 5) is 12.1. The average molecular weight is 272 g/mol. The summed E-state index contributed by atoms with van der Waals surface area (Å²) in [6.45, 7) is 1.50. The van der Waals surface area contributed by atoms with Gasteiger partial charge in [0.15, 0.2) is 0 Å². The molecule has 0 aromatic heterocycles. The first-order chi connectivity index (χ1) is 9.13. The van der Waals surface area contributed by atoms with Gasteiger partial charge in [-0.25, -0.2) is 0 Å². The molecular weight excluding hydrogens is 256 g/mol. The van der Waals surface area contributed by atoms with Gasteiger partial charge < -0.3 is 11.1 Å². The molecule has 2 aromatic rings. The number of hydrogen-bond donors (Lipinski definition) is 2. The topological polar surface area (TPSA) is 55.1 Å². The first kappa shape index (κ1) is 13.5. The van der Waals surface area contributed by atoms with Crippen LogP contribution in [-0.4, -0.2) is 5.91 Å². The van der Waals surface area contributed by atoms with Gasteiger partial charge in [0.05, 0.1) is 0 Å². The van der Waals surface area contributed by atoms with Gasteiger partial charge in [-0.2, -0.15) is 0 Å². The molecule has 4 heteroatoms. The minimum atomic E-state index is -0.0534. The standard InChI is InChI=1S/C15H16N2OS/c1-11(18)17-14-6-8-15(9-7-14)19-10-12-2-4-13(16)5-3-12/h2-9H,10,16H2,1H3,(H,17,18). The molecule has 0 unspecified atom stereocenters. The lowest BCUT2D eigenvalue weighted by molar-refractivity contribution is -0.114. The van der Waals surface area contributed by atoms with Gasteiger partial charge in [0.1, 0.15) is 0 Å². The predicted octanol–water partition coefficient (Wildman–Crippen LogP) is 3.52. The summed E-state index contributed by atoms with van der Waals surface area (Å²) in [5.41, 5.74) is 8.50. The number of rotatable bonds is 4. The van der Waals surface area contributed by atoms with E-state index in [4.69, 9.17) is 5.73 Å². The second kappa shape index (κ2) is 6.29. The third-order valence-corrected chi connectivity index (χ3v) is 3.64. The second-order valence-corrected chi connectivity index (χ2v) is 5.28. The highest BCUT2D eigenvalue weighted by molar-refractivity contribution is 7.98. The summed E-state index contributed by atoms with van der Waals surface area (Å²) >= 11 is 1.75. The monoisotopic (exact) mass is 272 g/mol.